The second kappa shape index (κ2) is 4.67. The van der Waals surface area contributed by atoms with E-state index in [0.29, 0.717) is 19.3 Å². The van der Waals surface area contributed by atoms with Crippen LogP contribution in [0.1, 0.15) is 71.1 Å². The van der Waals surface area contributed by atoms with E-state index in [2.05, 4.69) is 0 Å². The Kier molecular flexibility index (Phi) is 3.32. The third kappa shape index (κ3) is 1.96. The third-order valence-electron chi connectivity index (χ3n) is 7.90. The van der Waals surface area contributed by atoms with E-state index in [0.717, 1.165) is 19.3 Å². The van der Waals surface area contributed by atoms with Crippen molar-refractivity contribution in [3.63, 3.8) is 0 Å². The van der Waals surface area contributed by atoms with Crippen LogP contribution < -0.4 is 0 Å². The molecule has 0 unspecified atom stereocenters. The number of ether oxygens (including phenoxy) is 1. The van der Waals surface area contributed by atoms with Gasteiger partial charge in [0.1, 0.15) is 5.60 Å². The third-order valence-corrected chi connectivity index (χ3v) is 7.90. The molecule has 2 nitrogen and oxygen atoms in total. The minimum Gasteiger partial charge on any atom is -0.390 e. The molecule has 138 valence electrons. The quantitative estimate of drug-likeness (QED) is 0.748. The maximum atomic E-state index is 14.7. The first-order chi connectivity index (χ1) is 11.0. The van der Waals surface area contributed by atoms with E-state index < -0.39 is 28.5 Å². The summed E-state index contributed by atoms with van der Waals surface area (Å²) in [6, 6.07) is 0. The Morgan fingerprint density at radius 1 is 0.750 bits per heavy atom. The van der Waals surface area contributed by atoms with Gasteiger partial charge in [-0.1, -0.05) is 6.92 Å². The molecule has 0 aromatic rings. The zero-order valence-corrected chi connectivity index (χ0v) is 14.1. The molecule has 6 aliphatic rings. The van der Waals surface area contributed by atoms with Crippen LogP contribution in [-0.2, 0) is 4.74 Å². The van der Waals surface area contributed by atoms with E-state index in [1.165, 1.54) is 6.92 Å². The summed E-state index contributed by atoms with van der Waals surface area (Å²) in [6.45, 7) is 1.40. The van der Waals surface area contributed by atoms with Crippen LogP contribution in [0.15, 0.2) is 0 Å². The van der Waals surface area contributed by atoms with Crippen LogP contribution in [0.4, 0.5) is 17.6 Å². The SMILES string of the molecule is CC12CCC(OCC34CCC(O)(CC3)CC4)(CC1)C(F)(F)C2(F)F. The molecule has 0 atom stereocenters. The molecule has 6 aliphatic carbocycles. The molecule has 0 amide bonds. The lowest BCUT2D eigenvalue weighted by atomic mass is 9.55. The number of aliphatic hydroxyl groups is 1. The van der Waals surface area contributed by atoms with Gasteiger partial charge >= 0.3 is 11.8 Å². The second-order valence-electron chi connectivity index (χ2n) is 9.22. The first-order valence-electron chi connectivity index (χ1n) is 9.11. The molecule has 0 aromatic heterocycles. The van der Waals surface area contributed by atoms with Gasteiger partial charge in [0.15, 0.2) is 0 Å². The van der Waals surface area contributed by atoms with Crippen molar-refractivity contribution >= 4 is 0 Å². The highest BCUT2D eigenvalue weighted by Gasteiger charge is 2.81. The molecule has 6 rings (SSSR count). The topological polar surface area (TPSA) is 29.5 Å². The largest absolute Gasteiger partial charge is 0.390 e. The average molecular weight is 350 g/mol. The predicted molar refractivity (Wildman–Crippen MR) is 80.2 cm³/mol. The first-order valence-corrected chi connectivity index (χ1v) is 9.11. The molecule has 6 saturated carbocycles. The number of hydrogen-bond donors (Lipinski definition) is 1. The Morgan fingerprint density at radius 2 is 1.25 bits per heavy atom. The zero-order valence-electron chi connectivity index (χ0n) is 14.1. The highest BCUT2D eigenvalue weighted by Crippen LogP contribution is 2.68. The lowest BCUT2D eigenvalue weighted by Gasteiger charge is -2.60. The van der Waals surface area contributed by atoms with Crippen LogP contribution in [0.3, 0.4) is 0 Å². The fourth-order valence-corrected chi connectivity index (χ4v) is 5.48. The summed E-state index contributed by atoms with van der Waals surface area (Å²) in [5, 5.41) is 10.3. The lowest BCUT2D eigenvalue weighted by molar-refractivity contribution is -0.391. The summed E-state index contributed by atoms with van der Waals surface area (Å²) in [7, 11) is 0. The molecule has 4 bridgehead atoms. The lowest BCUT2D eigenvalue weighted by Crippen LogP contribution is -2.73. The van der Waals surface area contributed by atoms with Gasteiger partial charge in [0.2, 0.25) is 0 Å². The van der Waals surface area contributed by atoms with Gasteiger partial charge in [0.05, 0.1) is 12.2 Å². The van der Waals surface area contributed by atoms with Gasteiger partial charge in [0.25, 0.3) is 0 Å². The normalized spacial score (nSPS) is 51.8. The number of fused-ring (bicyclic) bond motifs is 6. The van der Waals surface area contributed by atoms with Crippen molar-refractivity contribution in [1.82, 2.24) is 0 Å². The van der Waals surface area contributed by atoms with Crippen molar-refractivity contribution < 1.29 is 27.4 Å². The molecule has 0 aromatic carbocycles. The number of hydrogen-bond acceptors (Lipinski definition) is 2. The molecule has 1 N–H and O–H groups in total. The standard InChI is InChI=1S/C18H26F4O2/c1-13-2-10-16(11-3-13,18(21,22)17(13,19)20)24-12-14-4-7-15(23,8-5-14)9-6-14/h23H,2-12H2,1H3. The Balaban J connectivity index is 1.54. The van der Waals surface area contributed by atoms with Gasteiger partial charge in [-0.25, -0.2) is 0 Å². The molecule has 0 aliphatic heterocycles. The van der Waals surface area contributed by atoms with Gasteiger partial charge in [-0.05, 0) is 69.6 Å². The second-order valence-corrected chi connectivity index (χ2v) is 9.22. The van der Waals surface area contributed by atoms with Crippen molar-refractivity contribution in [3.05, 3.63) is 0 Å². The molecular weight excluding hydrogens is 324 g/mol. The van der Waals surface area contributed by atoms with E-state index in [-0.39, 0.29) is 37.7 Å². The number of alkyl halides is 4. The van der Waals surface area contributed by atoms with Gasteiger partial charge in [-0.3, -0.25) is 0 Å². The van der Waals surface area contributed by atoms with Gasteiger partial charge < -0.3 is 9.84 Å². The van der Waals surface area contributed by atoms with E-state index in [1.807, 2.05) is 0 Å². The Morgan fingerprint density at radius 3 is 1.75 bits per heavy atom. The van der Waals surface area contributed by atoms with E-state index in [4.69, 9.17) is 4.74 Å². The number of halogens is 4. The summed E-state index contributed by atoms with van der Waals surface area (Å²) in [6.07, 6.45) is 4.37. The van der Waals surface area contributed by atoms with Crippen molar-refractivity contribution in [3.8, 4) is 0 Å². The van der Waals surface area contributed by atoms with Crippen LogP contribution in [0.25, 0.3) is 0 Å². The van der Waals surface area contributed by atoms with E-state index >= 15 is 0 Å². The first kappa shape index (κ1) is 17.1. The monoisotopic (exact) mass is 350 g/mol. The van der Waals surface area contributed by atoms with Crippen LogP contribution in [0.2, 0.25) is 0 Å². The van der Waals surface area contributed by atoms with Crippen LogP contribution in [0, 0.1) is 10.8 Å². The minimum absolute atomic E-state index is 0.00606. The molecule has 24 heavy (non-hydrogen) atoms. The molecule has 0 spiro atoms. The number of rotatable bonds is 3. The van der Waals surface area contributed by atoms with Crippen LogP contribution >= 0.6 is 0 Å². The summed E-state index contributed by atoms with van der Waals surface area (Å²) < 4.78 is 64.1. The van der Waals surface area contributed by atoms with Crippen molar-refractivity contribution in [2.45, 2.75) is 94.2 Å². The van der Waals surface area contributed by atoms with Gasteiger partial charge in [-0.2, -0.15) is 17.6 Å². The van der Waals surface area contributed by atoms with Gasteiger partial charge in [-0.15, -0.1) is 0 Å². The average Bonchev–Trinajstić information content (AvgIpc) is 2.54. The molecular formula is C18H26F4O2. The van der Waals surface area contributed by atoms with E-state index in [9.17, 15) is 22.7 Å². The molecule has 0 radical (unpaired) electrons. The van der Waals surface area contributed by atoms with E-state index in [1.54, 1.807) is 0 Å². The Bertz CT molecular complexity index is 513. The summed E-state index contributed by atoms with van der Waals surface area (Å²) in [4.78, 5) is 0. The summed E-state index contributed by atoms with van der Waals surface area (Å²) >= 11 is 0. The fourth-order valence-electron chi connectivity index (χ4n) is 5.48. The van der Waals surface area contributed by atoms with Gasteiger partial charge in [0, 0.05) is 5.41 Å². The zero-order chi connectivity index (χ0) is 17.5. The smallest absolute Gasteiger partial charge is 0.338 e. The Hall–Kier alpha value is -0.360. The predicted octanol–water partition coefficient (Wildman–Crippen LogP) is 4.69. The molecule has 0 saturated heterocycles. The van der Waals surface area contributed by atoms with Crippen molar-refractivity contribution in [2.24, 2.45) is 10.8 Å². The van der Waals surface area contributed by atoms with Crippen molar-refractivity contribution in [2.75, 3.05) is 6.61 Å². The maximum Gasteiger partial charge on any atom is 0.338 e. The summed E-state index contributed by atoms with van der Waals surface area (Å²) in [5.41, 5.74) is -4.46. The molecule has 6 fully saturated rings. The fraction of sp³-hybridized carbons (Fsp3) is 1.00. The molecule has 0 heterocycles. The summed E-state index contributed by atoms with van der Waals surface area (Å²) in [5.74, 6) is -8.14. The van der Waals surface area contributed by atoms with Crippen molar-refractivity contribution in [1.29, 1.82) is 0 Å². The maximum absolute atomic E-state index is 14.7. The highest BCUT2D eigenvalue weighted by atomic mass is 19.3. The van der Waals surface area contributed by atoms with Crippen LogP contribution in [-0.4, -0.2) is 34.8 Å². The molecule has 6 heteroatoms. The Labute approximate surface area is 139 Å². The highest BCUT2D eigenvalue weighted by molar-refractivity contribution is 5.18. The minimum atomic E-state index is -4.12. The van der Waals surface area contributed by atoms with Crippen LogP contribution in [0.5, 0.6) is 0 Å².